The summed E-state index contributed by atoms with van der Waals surface area (Å²) in [6.45, 7) is 10.5. The van der Waals surface area contributed by atoms with E-state index >= 15 is 0 Å². The molecule has 0 radical (unpaired) electrons. The van der Waals surface area contributed by atoms with E-state index in [-0.39, 0.29) is 0 Å². The molecule has 0 bridgehead atoms. The molecule has 0 atom stereocenters. The highest BCUT2D eigenvalue weighted by Gasteiger charge is 2.19. The number of rotatable bonds is 7. The second-order valence-electron chi connectivity index (χ2n) is 4.48. The van der Waals surface area contributed by atoms with Crippen LogP contribution in [0.15, 0.2) is 30.8 Å². The zero-order valence-corrected chi connectivity index (χ0v) is 11.0. The highest BCUT2D eigenvalue weighted by atomic mass is 16.7. The maximum absolute atomic E-state index is 5.79. The Bertz CT molecular complexity index is 338. The number of hydrogen-bond donors (Lipinski definition) is 0. The summed E-state index contributed by atoms with van der Waals surface area (Å²) in [5.74, 6) is 0.238. The highest BCUT2D eigenvalue weighted by Crippen LogP contribution is 2.20. The molecule has 0 spiro atoms. The van der Waals surface area contributed by atoms with Gasteiger partial charge in [-0.3, -0.25) is 0 Å². The topological polar surface area (TPSA) is 18.5 Å². The molecule has 0 N–H and O–H groups in total. The molecule has 0 aliphatic rings. The van der Waals surface area contributed by atoms with Crippen LogP contribution in [0.25, 0.3) is 6.08 Å². The first-order valence-electron chi connectivity index (χ1n) is 6.13. The fourth-order valence-corrected chi connectivity index (χ4v) is 1.45. The number of unbranched alkanes of at least 4 members (excludes halogenated alkanes) is 1. The average Bonchev–Trinajstić information content (AvgIpc) is 2.30. The minimum atomic E-state index is -0.579. The van der Waals surface area contributed by atoms with Gasteiger partial charge in [0.25, 0.3) is 0 Å². The summed E-state index contributed by atoms with van der Waals surface area (Å²) >= 11 is 0. The van der Waals surface area contributed by atoms with Crippen molar-refractivity contribution in [3.8, 4) is 5.75 Å². The van der Waals surface area contributed by atoms with Gasteiger partial charge in [0.2, 0.25) is 5.79 Å². The molecule has 0 saturated carbocycles. The van der Waals surface area contributed by atoms with Crippen LogP contribution in [-0.2, 0) is 4.74 Å². The van der Waals surface area contributed by atoms with Crippen molar-refractivity contribution in [3.05, 3.63) is 36.4 Å². The van der Waals surface area contributed by atoms with Crippen molar-refractivity contribution in [2.45, 2.75) is 39.4 Å². The molecule has 0 aromatic heterocycles. The molecule has 0 unspecified atom stereocenters. The summed E-state index contributed by atoms with van der Waals surface area (Å²) in [7, 11) is 0. The molecule has 0 heterocycles. The van der Waals surface area contributed by atoms with Crippen molar-refractivity contribution in [1.29, 1.82) is 0 Å². The molecule has 1 rings (SSSR count). The Kier molecular flexibility index (Phi) is 5.23. The normalized spacial score (nSPS) is 11.2. The lowest BCUT2D eigenvalue weighted by Crippen LogP contribution is -2.32. The Labute approximate surface area is 104 Å². The van der Waals surface area contributed by atoms with Crippen LogP contribution in [0.3, 0.4) is 0 Å². The van der Waals surface area contributed by atoms with Gasteiger partial charge in [0.1, 0.15) is 5.75 Å². The summed E-state index contributed by atoms with van der Waals surface area (Å²) in [4.78, 5) is 0. The molecule has 2 heteroatoms. The van der Waals surface area contributed by atoms with Crippen LogP contribution in [0.1, 0.15) is 39.2 Å². The fraction of sp³-hybridized carbons (Fsp3) is 0.467. The van der Waals surface area contributed by atoms with Gasteiger partial charge < -0.3 is 9.47 Å². The third kappa shape index (κ3) is 5.05. The van der Waals surface area contributed by atoms with Crippen LogP contribution in [0.4, 0.5) is 0 Å². The lowest BCUT2D eigenvalue weighted by atomic mass is 10.2. The van der Waals surface area contributed by atoms with Gasteiger partial charge in [-0.05, 0) is 24.1 Å². The van der Waals surface area contributed by atoms with E-state index in [1.807, 2.05) is 44.2 Å². The van der Waals surface area contributed by atoms with Crippen molar-refractivity contribution in [2.75, 3.05) is 6.61 Å². The second-order valence-corrected chi connectivity index (χ2v) is 4.48. The molecule has 1 aromatic rings. The van der Waals surface area contributed by atoms with E-state index < -0.39 is 5.79 Å². The quantitative estimate of drug-likeness (QED) is 0.518. The van der Waals surface area contributed by atoms with Gasteiger partial charge in [0.15, 0.2) is 0 Å². The first-order valence-corrected chi connectivity index (χ1v) is 6.13. The molecule has 1 aromatic carbocycles. The number of ether oxygens (including phenoxy) is 2. The van der Waals surface area contributed by atoms with Crippen molar-refractivity contribution in [3.63, 3.8) is 0 Å². The standard InChI is InChI=1S/C15H22O2/c1-5-7-12-16-15(3,4)17-14-10-8-13(6-2)9-11-14/h6,8-11H,2,5,7,12H2,1,3-4H3. The number of hydrogen-bond acceptors (Lipinski definition) is 2. The third-order valence-electron chi connectivity index (χ3n) is 2.43. The van der Waals surface area contributed by atoms with Gasteiger partial charge in [-0.25, -0.2) is 0 Å². The van der Waals surface area contributed by atoms with Gasteiger partial charge in [0.05, 0.1) is 6.61 Å². The van der Waals surface area contributed by atoms with Gasteiger partial charge >= 0.3 is 0 Å². The van der Waals surface area contributed by atoms with Crippen molar-refractivity contribution in [2.24, 2.45) is 0 Å². The average molecular weight is 234 g/mol. The predicted molar refractivity (Wildman–Crippen MR) is 72.1 cm³/mol. The molecular formula is C15H22O2. The molecule has 0 amide bonds. The second kappa shape index (κ2) is 6.45. The van der Waals surface area contributed by atoms with E-state index in [0.29, 0.717) is 0 Å². The predicted octanol–water partition coefficient (Wildman–Crippen LogP) is 4.26. The molecule has 17 heavy (non-hydrogen) atoms. The third-order valence-corrected chi connectivity index (χ3v) is 2.43. The Morgan fingerprint density at radius 3 is 2.41 bits per heavy atom. The molecular weight excluding hydrogens is 212 g/mol. The lowest BCUT2D eigenvalue weighted by Gasteiger charge is -2.26. The summed E-state index contributed by atoms with van der Waals surface area (Å²) in [6.07, 6.45) is 4.00. The largest absolute Gasteiger partial charge is 0.463 e. The maximum Gasteiger partial charge on any atom is 0.204 e. The van der Waals surface area contributed by atoms with E-state index in [4.69, 9.17) is 9.47 Å². The summed E-state index contributed by atoms with van der Waals surface area (Å²) in [6, 6.07) is 7.82. The van der Waals surface area contributed by atoms with Crippen LogP contribution < -0.4 is 4.74 Å². The molecule has 2 nitrogen and oxygen atoms in total. The Morgan fingerprint density at radius 2 is 1.88 bits per heavy atom. The van der Waals surface area contributed by atoms with E-state index in [0.717, 1.165) is 30.8 Å². The van der Waals surface area contributed by atoms with Crippen molar-refractivity contribution in [1.82, 2.24) is 0 Å². The summed E-state index contributed by atoms with van der Waals surface area (Å²) < 4.78 is 11.5. The zero-order valence-electron chi connectivity index (χ0n) is 11.0. The van der Waals surface area contributed by atoms with Crippen molar-refractivity contribution >= 4 is 6.08 Å². The molecule has 0 saturated heterocycles. The summed E-state index contributed by atoms with van der Waals surface area (Å²) in [5.41, 5.74) is 1.09. The summed E-state index contributed by atoms with van der Waals surface area (Å²) in [5, 5.41) is 0. The SMILES string of the molecule is C=Cc1ccc(OC(C)(C)OCCCC)cc1. The number of benzene rings is 1. The first-order chi connectivity index (χ1) is 8.07. The lowest BCUT2D eigenvalue weighted by molar-refractivity contribution is -0.156. The van der Waals surface area contributed by atoms with Gasteiger partial charge in [-0.2, -0.15) is 0 Å². The molecule has 0 aliphatic heterocycles. The van der Waals surface area contributed by atoms with Gasteiger partial charge in [-0.1, -0.05) is 38.1 Å². The van der Waals surface area contributed by atoms with Crippen LogP contribution in [0.2, 0.25) is 0 Å². The van der Waals surface area contributed by atoms with Crippen LogP contribution in [-0.4, -0.2) is 12.4 Å². The Hall–Kier alpha value is -1.28. The molecule has 94 valence electrons. The van der Waals surface area contributed by atoms with E-state index in [1.165, 1.54) is 0 Å². The minimum Gasteiger partial charge on any atom is -0.463 e. The van der Waals surface area contributed by atoms with Gasteiger partial charge in [-0.15, -0.1) is 0 Å². The van der Waals surface area contributed by atoms with Crippen LogP contribution in [0, 0.1) is 0 Å². The monoisotopic (exact) mass is 234 g/mol. The van der Waals surface area contributed by atoms with Crippen molar-refractivity contribution < 1.29 is 9.47 Å². The smallest absolute Gasteiger partial charge is 0.204 e. The maximum atomic E-state index is 5.79. The van der Waals surface area contributed by atoms with E-state index in [1.54, 1.807) is 0 Å². The fourth-order valence-electron chi connectivity index (χ4n) is 1.45. The Balaban J connectivity index is 2.52. The van der Waals surface area contributed by atoms with E-state index in [2.05, 4.69) is 13.5 Å². The zero-order chi connectivity index (χ0) is 12.7. The first kappa shape index (κ1) is 13.8. The molecule has 0 aliphatic carbocycles. The van der Waals surface area contributed by atoms with Crippen LogP contribution in [0.5, 0.6) is 5.75 Å². The van der Waals surface area contributed by atoms with E-state index in [9.17, 15) is 0 Å². The minimum absolute atomic E-state index is 0.579. The van der Waals surface area contributed by atoms with Gasteiger partial charge in [0, 0.05) is 13.8 Å². The highest BCUT2D eigenvalue weighted by molar-refractivity contribution is 5.48. The Morgan fingerprint density at radius 1 is 1.24 bits per heavy atom. The van der Waals surface area contributed by atoms with Crippen LogP contribution >= 0.6 is 0 Å². The molecule has 0 fully saturated rings.